The maximum Gasteiger partial charge on any atom is 0.239 e. The summed E-state index contributed by atoms with van der Waals surface area (Å²) in [5.74, 6) is 0.699. The summed E-state index contributed by atoms with van der Waals surface area (Å²) in [6.07, 6.45) is 2.29. The molecule has 0 heterocycles. The molecule has 4 nitrogen and oxygen atoms in total. The lowest BCUT2D eigenvalue weighted by molar-refractivity contribution is -0.126. The predicted molar refractivity (Wildman–Crippen MR) is 82.3 cm³/mol. The van der Waals surface area contributed by atoms with Gasteiger partial charge in [0.2, 0.25) is 5.91 Å². The molecule has 0 saturated carbocycles. The summed E-state index contributed by atoms with van der Waals surface area (Å²) in [5.41, 5.74) is -0.500. The van der Waals surface area contributed by atoms with E-state index in [9.17, 15) is 4.79 Å². The monoisotopic (exact) mass is 271 g/mol. The Morgan fingerprint density at radius 3 is 2.05 bits per heavy atom. The first-order valence-electron chi connectivity index (χ1n) is 7.49. The van der Waals surface area contributed by atoms with Crippen molar-refractivity contribution in [3.63, 3.8) is 0 Å². The lowest BCUT2D eigenvalue weighted by Gasteiger charge is -2.33. The van der Waals surface area contributed by atoms with Gasteiger partial charge in [-0.2, -0.15) is 0 Å². The van der Waals surface area contributed by atoms with Gasteiger partial charge in [-0.05, 0) is 40.4 Å². The van der Waals surface area contributed by atoms with Crippen molar-refractivity contribution in [1.82, 2.24) is 15.5 Å². The standard InChI is InChI=1S/C15H33N3O/c1-8-12(9-2)13(18(6)7)11-16-14(19)15(4,5)17-10-3/h12-13,17H,8-11H2,1-7H3,(H,16,19). The lowest BCUT2D eigenvalue weighted by atomic mass is 9.93. The summed E-state index contributed by atoms with van der Waals surface area (Å²) in [6.45, 7) is 11.8. The molecule has 2 N–H and O–H groups in total. The minimum absolute atomic E-state index is 0.0761. The van der Waals surface area contributed by atoms with Gasteiger partial charge in [0.25, 0.3) is 0 Å². The quantitative estimate of drug-likeness (QED) is 0.673. The van der Waals surface area contributed by atoms with Gasteiger partial charge < -0.3 is 15.5 Å². The number of rotatable bonds is 9. The van der Waals surface area contributed by atoms with E-state index in [-0.39, 0.29) is 5.91 Å². The third kappa shape index (κ3) is 5.91. The minimum Gasteiger partial charge on any atom is -0.353 e. The molecule has 0 aliphatic rings. The Labute approximate surface area is 119 Å². The Hall–Kier alpha value is -0.610. The highest BCUT2D eigenvalue weighted by Crippen LogP contribution is 2.16. The van der Waals surface area contributed by atoms with Crippen molar-refractivity contribution in [2.24, 2.45) is 5.92 Å². The molecule has 1 amide bonds. The number of hydrogen-bond acceptors (Lipinski definition) is 3. The van der Waals surface area contributed by atoms with E-state index in [1.54, 1.807) is 0 Å². The smallest absolute Gasteiger partial charge is 0.239 e. The highest BCUT2D eigenvalue weighted by Gasteiger charge is 2.28. The van der Waals surface area contributed by atoms with Gasteiger partial charge in [-0.3, -0.25) is 4.79 Å². The number of nitrogens with zero attached hydrogens (tertiary/aromatic N) is 1. The van der Waals surface area contributed by atoms with Crippen LogP contribution in [0.5, 0.6) is 0 Å². The Bertz CT molecular complexity index is 260. The summed E-state index contributed by atoms with van der Waals surface area (Å²) < 4.78 is 0. The number of hydrogen-bond donors (Lipinski definition) is 2. The molecule has 0 aliphatic carbocycles. The second kappa shape index (κ2) is 8.54. The summed E-state index contributed by atoms with van der Waals surface area (Å²) in [6, 6.07) is 0.399. The van der Waals surface area contributed by atoms with E-state index >= 15 is 0 Å². The van der Waals surface area contributed by atoms with E-state index in [4.69, 9.17) is 0 Å². The second-order valence-corrected chi connectivity index (χ2v) is 5.97. The summed E-state index contributed by atoms with van der Waals surface area (Å²) in [5, 5.41) is 6.30. The molecule has 0 bridgehead atoms. The van der Waals surface area contributed by atoms with Crippen molar-refractivity contribution in [3.8, 4) is 0 Å². The van der Waals surface area contributed by atoms with Gasteiger partial charge in [-0.15, -0.1) is 0 Å². The fraction of sp³-hybridized carbons (Fsp3) is 0.933. The Morgan fingerprint density at radius 1 is 1.16 bits per heavy atom. The molecule has 0 aliphatic heterocycles. The normalized spacial score (nSPS) is 13.9. The van der Waals surface area contributed by atoms with Gasteiger partial charge in [0.05, 0.1) is 5.54 Å². The Balaban J connectivity index is 4.52. The maximum atomic E-state index is 12.2. The fourth-order valence-corrected chi connectivity index (χ4v) is 2.54. The Morgan fingerprint density at radius 2 is 1.68 bits per heavy atom. The van der Waals surface area contributed by atoms with E-state index < -0.39 is 5.54 Å². The van der Waals surface area contributed by atoms with Crippen LogP contribution >= 0.6 is 0 Å². The largest absolute Gasteiger partial charge is 0.353 e. The van der Waals surface area contributed by atoms with Crippen LogP contribution in [0.3, 0.4) is 0 Å². The topological polar surface area (TPSA) is 44.4 Å². The Kier molecular flexibility index (Phi) is 8.26. The number of carbonyl (C=O) groups is 1. The van der Waals surface area contributed by atoms with Crippen molar-refractivity contribution in [1.29, 1.82) is 0 Å². The van der Waals surface area contributed by atoms with Gasteiger partial charge in [0.1, 0.15) is 0 Å². The first-order chi connectivity index (χ1) is 8.80. The summed E-state index contributed by atoms with van der Waals surface area (Å²) in [4.78, 5) is 14.4. The SMILES string of the molecule is CCNC(C)(C)C(=O)NCC(C(CC)CC)N(C)C. The molecular formula is C15H33N3O. The number of amides is 1. The maximum absolute atomic E-state index is 12.2. The van der Waals surface area contributed by atoms with Gasteiger partial charge >= 0.3 is 0 Å². The van der Waals surface area contributed by atoms with Crippen molar-refractivity contribution < 1.29 is 4.79 Å². The van der Waals surface area contributed by atoms with Gasteiger partial charge in [-0.25, -0.2) is 0 Å². The lowest BCUT2D eigenvalue weighted by Crippen LogP contribution is -2.55. The van der Waals surface area contributed by atoms with E-state index in [2.05, 4.69) is 43.5 Å². The highest BCUT2D eigenvalue weighted by atomic mass is 16.2. The average molecular weight is 271 g/mol. The molecule has 1 atom stereocenters. The van der Waals surface area contributed by atoms with Crippen molar-refractivity contribution in [3.05, 3.63) is 0 Å². The molecular weight excluding hydrogens is 238 g/mol. The number of nitrogens with one attached hydrogen (secondary N) is 2. The van der Waals surface area contributed by atoms with E-state index in [0.29, 0.717) is 18.5 Å². The number of carbonyl (C=O) groups excluding carboxylic acids is 1. The molecule has 0 radical (unpaired) electrons. The van der Waals surface area contributed by atoms with Crippen LogP contribution in [0.25, 0.3) is 0 Å². The van der Waals surface area contributed by atoms with Crippen molar-refractivity contribution >= 4 is 5.91 Å². The molecule has 0 saturated heterocycles. The fourth-order valence-electron chi connectivity index (χ4n) is 2.54. The van der Waals surface area contributed by atoms with Crippen LogP contribution in [-0.2, 0) is 4.79 Å². The summed E-state index contributed by atoms with van der Waals surface area (Å²) >= 11 is 0. The van der Waals surface area contributed by atoms with Crippen LogP contribution in [-0.4, -0.2) is 49.6 Å². The van der Waals surface area contributed by atoms with Crippen LogP contribution in [0.2, 0.25) is 0 Å². The highest BCUT2D eigenvalue weighted by molar-refractivity contribution is 5.85. The first kappa shape index (κ1) is 18.4. The van der Waals surface area contributed by atoms with Gasteiger partial charge in [-0.1, -0.05) is 33.6 Å². The van der Waals surface area contributed by atoms with Gasteiger partial charge in [0, 0.05) is 12.6 Å². The molecule has 0 aromatic carbocycles. The van der Waals surface area contributed by atoms with E-state index in [1.807, 2.05) is 20.8 Å². The second-order valence-electron chi connectivity index (χ2n) is 5.97. The minimum atomic E-state index is -0.500. The van der Waals surface area contributed by atoms with E-state index in [1.165, 1.54) is 0 Å². The molecule has 0 spiro atoms. The molecule has 114 valence electrons. The number of likely N-dealkylation sites (N-methyl/N-ethyl adjacent to an activating group) is 2. The van der Waals surface area contributed by atoms with Crippen LogP contribution < -0.4 is 10.6 Å². The molecule has 0 aromatic rings. The van der Waals surface area contributed by atoms with Crippen LogP contribution in [0.15, 0.2) is 0 Å². The van der Waals surface area contributed by atoms with Crippen LogP contribution in [0.1, 0.15) is 47.5 Å². The first-order valence-corrected chi connectivity index (χ1v) is 7.49. The third-order valence-corrected chi connectivity index (χ3v) is 3.91. The van der Waals surface area contributed by atoms with Crippen LogP contribution in [0.4, 0.5) is 0 Å². The molecule has 0 aromatic heterocycles. The molecule has 4 heteroatoms. The molecule has 1 unspecified atom stereocenters. The zero-order valence-electron chi connectivity index (χ0n) is 13.8. The van der Waals surface area contributed by atoms with Crippen molar-refractivity contribution in [2.45, 2.75) is 59.0 Å². The average Bonchev–Trinajstić information content (AvgIpc) is 2.33. The van der Waals surface area contributed by atoms with Gasteiger partial charge in [0.15, 0.2) is 0 Å². The zero-order chi connectivity index (χ0) is 15.1. The molecule has 0 rings (SSSR count). The molecule has 0 fully saturated rings. The van der Waals surface area contributed by atoms with E-state index in [0.717, 1.165) is 19.4 Å². The van der Waals surface area contributed by atoms with Crippen LogP contribution in [0, 0.1) is 5.92 Å². The zero-order valence-corrected chi connectivity index (χ0v) is 13.8. The third-order valence-electron chi connectivity index (χ3n) is 3.91. The van der Waals surface area contributed by atoms with Crippen molar-refractivity contribution in [2.75, 3.05) is 27.2 Å². The molecule has 19 heavy (non-hydrogen) atoms. The predicted octanol–water partition coefficient (Wildman–Crippen LogP) is 1.86. The summed E-state index contributed by atoms with van der Waals surface area (Å²) in [7, 11) is 4.18.